The van der Waals surface area contributed by atoms with Gasteiger partial charge in [0.2, 0.25) is 0 Å². The van der Waals surface area contributed by atoms with Crippen molar-refractivity contribution < 1.29 is 9.90 Å². The van der Waals surface area contributed by atoms with Crippen LogP contribution in [0, 0.1) is 0 Å². The van der Waals surface area contributed by atoms with E-state index < -0.39 is 6.10 Å². The van der Waals surface area contributed by atoms with Crippen LogP contribution in [0.1, 0.15) is 16.5 Å². The lowest BCUT2D eigenvalue weighted by atomic mass is 10.1. The van der Waals surface area contributed by atoms with Crippen LogP contribution in [-0.4, -0.2) is 11.0 Å². The summed E-state index contributed by atoms with van der Waals surface area (Å²) in [5.41, 5.74) is 0.599. The van der Waals surface area contributed by atoms with E-state index >= 15 is 0 Å². The van der Waals surface area contributed by atoms with E-state index in [0.717, 1.165) is 9.35 Å². The quantitative estimate of drug-likeness (QED) is 0.908. The number of halogens is 1. The number of hydrogen-bond donors (Lipinski definition) is 2. The zero-order valence-corrected chi connectivity index (χ0v) is 11.9. The van der Waals surface area contributed by atoms with E-state index in [4.69, 9.17) is 0 Å². The smallest absolute Gasteiger partial charge is 0.253 e. The van der Waals surface area contributed by atoms with Gasteiger partial charge in [-0.2, -0.15) is 0 Å². The van der Waals surface area contributed by atoms with Gasteiger partial charge >= 0.3 is 0 Å². The number of thiophene rings is 1. The molecule has 1 atom stereocenters. The number of aliphatic hydroxyl groups excluding tert-OH is 1. The van der Waals surface area contributed by atoms with Crippen LogP contribution < -0.4 is 5.32 Å². The molecule has 18 heavy (non-hydrogen) atoms. The third-order valence-corrected chi connectivity index (χ3v) is 4.12. The van der Waals surface area contributed by atoms with Gasteiger partial charge in [0.05, 0.1) is 6.54 Å². The van der Waals surface area contributed by atoms with Crippen molar-refractivity contribution in [2.45, 2.75) is 12.6 Å². The number of aliphatic hydroxyl groups is 1. The second-order valence-electron chi connectivity index (χ2n) is 3.76. The number of rotatable bonds is 4. The Labute approximate surface area is 118 Å². The SMILES string of the molecule is O=C(NCc1cc(Br)cs1)C(O)c1ccccc1. The highest BCUT2D eigenvalue weighted by Gasteiger charge is 2.16. The Hall–Kier alpha value is -1.17. The van der Waals surface area contributed by atoms with Crippen LogP contribution >= 0.6 is 27.3 Å². The molecule has 1 unspecified atom stereocenters. The molecule has 2 rings (SSSR count). The third-order valence-electron chi connectivity index (χ3n) is 2.42. The fourth-order valence-electron chi connectivity index (χ4n) is 1.50. The Balaban J connectivity index is 1.92. The fraction of sp³-hybridized carbons (Fsp3) is 0.154. The van der Waals surface area contributed by atoms with Crippen LogP contribution in [0.3, 0.4) is 0 Å². The first-order valence-corrected chi connectivity index (χ1v) is 7.07. The molecule has 0 saturated heterocycles. The molecule has 1 aromatic carbocycles. The summed E-state index contributed by atoms with van der Waals surface area (Å²) in [4.78, 5) is 12.8. The maximum Gasteiger partial charge on any atom is 0.253 e. The summed E-state index contributed by atoms with van der Waals surface area (Å²) in [5, 5.41) is 14.5. The molecule has 0 aliphatic rings. The van der Waals surface area contributed by atoms with E-state index in [9.17, 15) is 9.90 Å². The molecule has 0 bridgehead atoms. The number of benzene rings is 1. The average molecular weight is 326 g/mol. The molecule has 1 aromatic heterocycles. The van der Waals surface area contributed by atoms with Gasteiger partial charge in [0.25, 0.3) is 5.91 Å². The van der Waals surface area contributed by atoms with Gasteiger partial charge in [-0.25, -0.2) is 0 Å². The van der Waals surface area contributed by atoms with Gasteiger partial charge in [0.15, 0.2) is 6.10 Å². The lowest BCUT2D eigenvalue weighted by Gasteiger charge is -2.10. The summed E-state index contributed by atoms with van der Waals surface area (Å²) in [5.74, 6) is -0.384. The summed E-state index contributed by atoms with van der Waals surface area (Å²) >= 11 is 4.91. The molecule has 2 N–H and O–H groups in total. The molecule has 0 aliphatic heterocycles. The molecule has 2 aromatic rings. The molecule has 5 heteroatoms. The van der Waals surface area contributed by atoms with Crippen molar-refractivity contribution in [1.29, 1.82) is 0 Å². The van der Waals surface area contributed by atoms with Crippen molar-refractivity contribution >= 4 is 33.2 Å². The Bertz CT molecular complexity index is 527. The number of carbonyl (C=O) groups is 1. The summed E-state index contributed by atoms with van der Waals surface area (Å²) in [7, 11) is 0. The van der Waals surface area contributed by atoms with Crippen LogP contribution in [0.2, 0.25) is 0 Å². The van der Waals surface area contributed by atoms with Crippen molar-refractivity contribution in [3.63, 3.8) is 0 Å². The van der Waals surface area contributed by atoms with E-state index in [0.29, 0.717) is 12.1 Å². The minimum Gasteiger partial charge on any atom is -0.378 e. The van der Waals surface area contributed by atoms with Gasteiger partial charge in [-0.3, -0.25) is 4.79 Å². The minimum absolute atomic E-state index is 0.384. The van der Waals surface area contributed by atoms with Crippen LogP contribution in [0.15, 0.2) is 46.3 Å². The zero-order chi connectivity index (χ0) is 13.0. The predicted molar refractivity (Wildman–Crippen MR) is 75.3 cm³/mol. The van der Waals surface area contributed by atoms with E-state index in [2.05, 4.69) is 21.2 Å². The molecule has 0 aliphatic carbocycles. The van der Waals surface area contributed by atoms with E-state index in [1.165, 1.54) is 0 Å². The Morgan fingerprint density at radius 1 is 1.39 bits per heavy atom. The molecule has 1 amide bonds. The molecule has 0 spiro atoms. The van der Waals surface area contributed by atoms with Gasteiger partial charge in [0.1, 0.15) is 0 Å². The highest BCUT2D eigenvalue weighted by molar-refractivity contribution is 9.10. The largest absolute Gasteiger partial charge is 0.378 e. The molecule has 0 radical (unpaired) electrons. The van der Waals surface area contributed by atoms with Gasteiger partial charge in [-0.05, 0) is 27.6 Å². The van der Waals surface area contributed by atoms with Crippen molar-refractivity contribution in [3.8, 4) is 0 Å². The van der Waals surface area contributed by atoms with Crippen LogP contribution in [0.4, 0.5) is 0 Å². The maximum atomic E-state index is 11.8. The summed E-state index contributed by atoms with van der Waals surface area (Å²) in [6.07, 6.45) is -1.12. The second-order valence-corrected chi connectivity index (χ2v) is 5.67. The minimum atomic E-state index is -1.12. The van der Waals surface area contributed by atoms with Crippen molar-refractivity contribution in [1.82, 2.24) is 5.32 Å². The van der Waals surface area contributed by atoms with E-state index in [1.54, 1.807) is 35.6 Å². The Kier molecular flexibility index (Phi) is 4.52. The summed E-state index contributed by atoms with van der Waals surface area (Å²) in [6, 6.07) is 10.8. The summed E-state index contributed by atoms with van der Waals surface area (Å²) < 4.78 is 1.00. The zero-order valence-electron chi connectivity index (χ0n) is 9.47. The standard InChI is InChI=1S/C13H12BrNO2S/c14-10-6-11(18-8-10)7-15-13(17)12(16)9-4-2-1-3-5-9/h1-6,8,12,16H,7H2,(H,15,17). The fourth-order valence-corrected chi connectivity index (χ4v) is 2.89. The first kappa shape index (κ1) is 13.3. The van der Waals surface area contributed by atoms with Crippen LogP contribution in [0.5, 0.6) is 0 Å². The number of carbonyl (C=O) groups excluding carboxylic acids is 1. The number of nitrogens with one attached hydrogen (secondary N) is 1. The highest BCUT2D eigenvalue weighted by atomic mass is 79.9. The first-order chi connectivity index (χ1) is 8.66. The molecule has 94 valence electrons. The van der Waals surface area contributed by atoms with Gasteiger partial charge in [-0.15, -0.1) is 11.3 Å². The number of amides is 1. The van der Waals surface area contributed by atoms with Gasteiger partial charge in [0, 0.05) is 14.7 Å². The normalized spacial score (nSPS) is 12.1. The highest BCUT2D eigenvalue weighted by Crippen LogP contribution is 2.19. The van der Waals surface area contributed by atoms with Crippen LogP contribution in [0.25, 0.3) is 0 Å². The Morgan fingerprint density at radius 2 is 2.11 bits per heavy atom. The van der Waals surface area contributed by atoms with Gasteiger partial charge in [-0.1, -0.05) is 30.3 Å². The van der Waals surface area contributed by atoms with Crippen molar-refractivity contribution in [2.75, 3.05) is 0 Å². The third kappa shape index (κ3) is 3.41. The monoisotopic (exact) mass is 325 g/mol. The summed E-state index contributed by atoms with van der Waals surface area (Å²) in [6.45, 7) is 0.430. The molecule has 0 fully saturated rings. The van der Waals surface area contributed by atoms with Crippen molar-refractivity contribution in [3.05, 3.63) is 56.7 Å². The first-order valence-electron chi connectivity index (χ1n) is 5.40. The maximum absolute atomic E-state index is 11.8. The number of hydrogen-bond acceptors (Lipinski definition) is 3. The van der Waals surface area contributed by atoms with Crippen molar-refractivity contribution in [2.24, 2.45) is 0 Å². The lowest BCUT2D eigenvalue weighted by Crippen LogP contribution is -2.28. The average Bonchev–Trinajstić information content (AvgIpc) is 2.82. The Morgan fingerprint density at radius 3 is 2.72 bits per heavy atom. The molecule has 0 saturated carbocycles. The van der Waals surface area contributed by atoms with E-state index in [1.807, 2.05) is 17.5 Å². The lowest BCUT2D eigenvalue weighted by molar-refractivity contribution is -0.129. The van der Waals surface area contributed by atoms with Crippen LogP contribution in [-0.2, 0) is 11.3 Å². The second kappa shape index (κ2) is 6.13. The molecule has 1 heterocycles. The molecular formula is C13H12BrNO2S. The molecular weight excluding hydrogens is 314 g/mol. The topological polar surface area (TPSA) is 49.3 Å². The predicted octanol–water partition coefficient (Wildman–Crippen LogP) is 2.86. The van der Waals surface area contributed by atoms with E-state index in [-0.39, 0.29) is 5.91 Å². The van der Waals surface area contributed by atoms with Gasteiger partial charge < -0.3 is 10.4 Å². The molecule has 3 nitrogen and oxygen atoms in total.